The van der Waals surface area contributed by atoms with E-state index in [2.05, 4.69) is 15.6 Å². The highest BCUT2D eigenvalue weighted by molar-refractivity contribution is 6.03. The molecule has 4 rings (SSSR count). The van der Waals surface area contributed by atoms with Gasteiger partial charge in [0.25, 0.3) is 5.91 Å². The zero-order valence-corrected chi connectivity index (χ0v) is 15.8. The van der Waals surface area contributed by atoms with Gasteiger partial charge in [-0.05, 0) is 61.4 Å². The van der Waals surface area contributed by atoms with E-state index in [9.17, 15) is 4.79 Å². The number of fused-ring (bicyclic) bond motifs is 1. The highest BCUT2D eigenvalue weighted by Crippen LogP contribution is 2.33. The van der Waals surface area contributed by atoms with Gasteiger partial charge in [-0.25, -0.2) is 4.98 Å². The zero-order chi connectivity index (χ0) is 19.5. The van der Waals surface area contributed by atoms with Crippen LogP contribution in [0.15, 0.2) is 54.7 Å². The predicted molar refractivity (Wildman–Crippen MR) is 109 cm³/mol. The van der Waals surface area contributed by atoms with E-state index in [1.54, 1.807) is 12.3 Å². The van der Waals surface area contributed by atoms with Crippen LogP contribution in [0.1, 0.15) is 21.5 Å². The van der Waals surface area contributed by atoms with Crippen molar-refractivity contribution in [3.8, 4) is 11.5 Å². The molecule has 1 amide bonds. The van der Waals surface area contributed by atoms with Crippen LogP contribution < -0.4 is 20.1 Å². The standard InChI is InChI=1S/C22H21N3O3/c1-14-3-4-16(11-15(14)2)22(26)25-21-8-6-18(13-23-21)24-17-5-7-19-20(12-17)28-10-9-27-19/h3-8,11-13,24H,9-10H2,1-2H3,(H,23,25,26). The number of carbonyl (C=O) groups excluding carboxylic acids is 1. The van der Waals surface area contributed by atoms with E-state index in [-0.39, 0.29) is 5.91 Å². The smallest absolute Gasteiger partial charge is 0.256 e. The number of aromatic nitrogens is 1. The van der Waals surface area contributed by atoms with Gasteiger partial charge in [0, 0.05) is 17.3 Å². The van der Waals surface area contributed by atoms with Crippen LogP contribution in [-0.2, 0) is 0 Å². The fourth-order valence-corrected chi connectivity index (χ4v) is 2.90. The number of nitrogens with one attached hydrogen (secondary N) is 2. The molecule has 3 aromatic rings. The van der Waals surface area contributed by atoms with E-state index < -0.39 is 0 Å². The maximum Gasteiger partial charge on any atom is 0.256 e. The third-order valence-corrected chi connectivity index (χ3v) is 4.61. The molecule has 0 saturated heterocycles. The molecule has 0 atom stereocenters. The quantitative estimate of drug-likeness (QED) is 0.704. The Morgan fingerprint density at radius 3 is 2.43 bits per heavy atom. The average Bonchev–Trinajstić information content (AvgIpc) is 2.71. The van der Waals surface area contributed by atoms with Crippen molar-refractivity contribution < 1.29 is 14.3 Å². The Labute approximate surface area is 163 Å². The molecule has 1 aliphatic rings. The Bertz CT molecular complexity index is 1020. The highest BCUT2D eigenvalue weighted by atomic mass is 16.6. The van der Waals surface area contributed by atoms with E-state index >= 15 is 0 Å². The number of aryl methyl sites for hydroxylation is 2. The van der Waals surface area contributed by atoms with Crippen molar-refractivity contribution in [2.45, 2.75) is 13.8 Å². The van der Waals surface area contributed by atoms with E-state index in [4.69, 9.17) is 9.47 Å². The summed E-state index contributed by atoms with van der Waals surface area (Å²) in [5, 5.41) is 6.09. The summed E-state index contributed by atoms with van der Waals surface area (Å²) in [5.74, 6) is 1.79. The third kappa shape index (κ3) is 3.91. The Morgan fingerprint density at radius 2 is 1.68 bits per heavy atom. The van der Waals surface area contributed by atoms with E-state index in [0.29, 0.717) is 24.6 Å². The molecule has 0 saturated carbocycles. The van der Waals surface area contributed by atoms with Gasteiger partial charge in [-0.2, -0.15) is 0 Å². The number of rotatable bonds is 4. The number of benzene rings is 2. The van der Waals surface area contributed by atoms with Crippen LogP contribution in [0.3, 0.4) is 0 Å². The second-order valence-corrected chi connectivity index (χ2v) is 6.67. The monoisotopic (exact) mass is 375 g/mol. The lowest BCUT2D eigenvalue weighted by molar-refractivity contribution is 0.102. The number of nitrogens with zero attached hydrogens (tertiary/aromatic N) is 1. The molecule has 2 heterocycles. The van der Waals surface area contributed by atoms with Crippen LogP contribution in [-0.4, -0.2) is 24.1 Å². The van der Waals surface area contributed by atoms with Crippen molar-refractivity contribution in [1.82, 2.24) is 4.98 Å². The summed E-state index contributed by atoms with van der Waals surface area (Å²) in [5.41, 5.74) is 4.53. The highest BCUT2D eigenvalue weighted by Gasteiger charge is 2.12. The number of anilines is 3. The van der Waals surface area contributed by atoms with Crippen LogP contribution in [0.4, 0.5) is 17.2 Å². The number of hydrogen-bond donors (Lipinski definition) is 2. The van der Waals surface area contributed by atoms with Crippen LogP contribution >= 0.6 is 0 Å². The summed E-state index contributed by atoms with van der Waals surface area (Å²) in [6.45, 7) is 5.13. The molecule has 1 aliphatic heterocycles. The third-order valence-electron chi connectivity index (χ3n) is 4.61. The van der Waals surface area contributed by atoms with Crippen molar-refractivity contribution in [2.24, 2.45) is 0 Å². The first kappa shape index (κ1) is 17.9. The number of ether oxygens (including phenoxy) is 2. The van der Waals surface area contributed by atoms with Gasteiger partial charge in [0.2, 0.25) is 0 Å². The van der Waals surface area contributed by atoms with Gasteiger partial charge in [0.05, 0.1) is 11.9 Å². The van der Waals surface area contributed by atoms with Gasteiger partial charge in [-0.15, -0.1) is 0 Å². The Kier molecular flexibility index (Phi) is 4.85. The Morgan fingerprint density at radius 1 is 0.893 bits per heavy atom. The molecule has 2 N–H and O–H groups in total. The summed E-state index contributed by atoms with van der Waals surface area (Å²) < 4.78 is 11.1. The Balaban J connectivity index is 1.42. The summed E-state index contributed by atoms with van der Waals surface area (Å²) in [6, 6.07) is 14.9. The normalized spacial score (nSPS) is 12.4. The van der Waals surface area contributed by atoms with Crippen LogP contribution in [0.2, 0.25) is 0 Å². The molecule has 2 aromatic carbocycles. The molecule has 6 heteroatoms. The SMILES string of the molecule is Cc1ccc(C(=O)Nc2ccc(Nc3ccc4c(c3)OCCO4)cn2)cc1C. The molecule has 0 spiro atoms. The minimum Gasteiger partial charge on any atom is -0.486 e. The van der Waals surface area contributed by atoms with Gasteiger partial charge >= 0.3 is 0 Å². The summed E-state index contributed by atoms with van der Waals surface area (Å²) in [7, 11) is 0. The largest absolute Gasteiger partial charge is 0.486 e. The lowest BCUT2D eigenvalue weighted by Crippen LogP contribution is -2.15. The molecule has 0 unspecified atom stereocenters. The first-order chi connectivity index (χ1) is 13.6. The molecule has 6 nitrogen and oxygen atoms in total. The predicted octanol–water partition coefficient (Wildman–Crippen LogP) is 4.47. The summed E-state index contributed by atoms with van der Waals surface area (Å²) in [4.78, 5) is 16.7. The molecule has 0 radical (unpaired) electrons. The second-order valence-electron chi connectivity index (χ2n) is 6.67. The first-order valence-corrected chi connectivity index (χ1v) is 9.10. The van der Waals surface area contributed by atoms with Gasteiger partial charge in [0.1, 0.15) is 19.0 Å². The van der Waals surface area contributed by atoms with Gasteiger partial charge in [0.15, 0.2) is 11.5 Å². The lowest BCUT2D eigenvalue weighted by atomic mass is 10.1. The van der Waals surface area contributed by atoms with Crippen LogP contribution in [0.5, 0.6) is 11.5 Å². The van der Waals surface area contributed by atoms with Crippen LogP contribution in [0, 0.1) is 13.8 Å². The van der Waals surface area contributed by atoms with Gasteiger partial charge < -0.3 is 20.1 Å². The van der Waals surface area contributed by atoms with Gasteiger partial charge in [-0.3, -0.25) is 4.79 Å². The molecule has 142 valence electrons. The van der Waals surface area contributed by atoms with Crippen molar-refractivity contribution >= 4 is 23.1 Å². The minimum atomic E-state index is -0.178. The molecule has 28 heavy (non-hydrogen) atoms. The molecular formula is C22H21N3O3. The fraction of sp³-hybridized carbons (Fsp3) is 0.182. The average molecular weight is 375 g/mol. The lowest BCUT2D eigenvalue weighted by Gasteiger charge is -2.19. The number of pyridine rings is 1. The number of amides is 1. The number of hydrogen-bond acceptors (Lipinski definition) is 5. The zero-order valence-electron chi connectivity index (χ0n) is 15.8. The Hall–Kier alpha value is -3.54. The summed E-state index contributed by atoms with van der Waals surface area (Å²) in [6.07, 6.45) is 1.67. The molecule has 1 aromatic heterocycles. The van der Waals surface area contributed by atoms with E-state index in [1.807, 2.05) is 56.3 Å². The van der Waals surface area contributed by atoms with Crippen molar-refractivity contribution in [2.75, 3.05) is 23.8 Å². The molecule has 0 aliphatic carbocycles. The molecule has 0 bridgehead atoms. The van der Waals surface area contributed by atoms with Crippen LogP contribution in [0.25, 0.3) is 0 Å². The van der Waals surface area contributed by atoms with Crippen molar-refractivity contribution in [1.29, 1.82) is 0 Å². The van der Waals surface area contributed by atoms with Gasteiger partial charge in [-0.1, -0.05) is 6.07 Å². The van der Waals surface area contributed by atoms with E-state index in [0.717, 1.165) is 34.0 Å². The van der Waals surface area contributed by atoms with Crippen molar-refractivity contribution in [3.05, 3.63) is 71.4 Å². The minimum absolute atomic E-state index is 0.178. The van der Waals surface area contributed by atoms with E-state index in [1.165, 1.54) is 0 Å². The topological polar surface area (TPSA) is 72.5 Å². The molecule has 0 fully saturated rings. The molecular weight excluding hydrogens is 354 g/mol. The maximum absolute atomic E-state index is 12.4. The summed E-state index contributed by atoms with van der Waals surface area (Å²) >= 11 is 0. The second kappa shape index (κ2) is 7.60. The first-order valence-electron chi connectivity index (χ1n) is 9.10. The number of carbonyl (C=O) groups is 1. The fourth-order valence-electron chi connectivity index (χ4n) is 2.90. The van der Waals surface area contributed by atoms with Crippen molar-refractivity contribution in [3.63, 3.8) is 0 Å². The maximum atomic E-state index is 12.4.